The molecule has 0 aromatic carbocycles. The molecule has 4 nitrogen and oxygen atoms in total. The monoisotopic (exact) mass is 333 g/mol. The Morgan fingerprint density at radius 3 is 2.08 bits per heavy atom. The molecule has 2 amide bonds. The van der Waals surface area contributed by atoms with Gasteiger partial charge in [-0.1, -0.05) is 44.9 Å². The zero-order chi connectivity index (χ0) is 16.4. The second kappa shape index (κ2) is 7.63. The van der Waals surface area contributed by atoms with E-state index in [1.807, 2.05) is 0 Å². The first-order valence-electron chi connectivity index (χ1n) is 10.7. The van der Waals surface area contributed by atoms with E-state index in [1.54, 1.807) is 0 Å². The van der Waals surface area contributed by atoms with Crippen LogP contribution >= 0.6 is 0 Å². The van der Waals surface area contributed by atoms with Crippen molar-refractivity contribution < 1.29 is 4.79 Å². The Kier molecular flexibility index (Phi) is 5.31. The number of likely N-dealkylation sites (tertiary alicyclic amines) is 1. The summed E-state index contributed by atoms with van der Waals surface area (Å²) in [5.41, 5.74) is 0. The summed E-state index contributed by atoms with van der Waals surface area (Å²) >= 11 is 0. The Hall–Kier alpha value is -0.770. The molecule has 2 aliphatic heterocycles. The summed E-state index contributed by atoms with van der Waals surface area (Å²) in [6, 6.07) is 2.47. The second-order valence-corrected chi connectivity index (χ2v) is 8.58. The van der Waals surface area contributed by atoms with E-state index in [4.69, 9.17) is 0 Å². The van der Waals surface area contributed by atoms with Gasteiger partial charge in [0.2, 0.25) is 0 Å². The lowest BCUT2D eigenvalue weighted by Crippen LogP contribution is -2.51. The molecule has 2 atom stereocenters. The highest BCUT2D eigenvalue weighted by atomic mass is 16.2. The molecule has 0 radical (unpaired) electrons. The van der Waals surface area contributed by atoms with Crippen LogP contribution in [-0.4, -0.2) is 53.1 Å². The van der Waals surface area contributed by atoms with Gasteiger partial charge in [-0.3, -0.25) is 0 Å². The lowest BCUT2D eigenvalue weighted by molar-refractivity contribution is 0.0737. The number of piperidine rings is 1. The van der Waals surface area contributed by atoms with Crippen LogP contribution in [0, 0.1) is 0 Å². The van der Waals surface area contributed by atoms with E-state index in [9.17, 15) is 4.79 Å². The van der Waals surface area contributed by atoms with Crippen LogP contribution in [0.4, 0.5) is 4.79 Å². The van der Waals surface area contributed by atoms with Crippen molar-refractivity contribution in [2.24, 2.45) is 0 Å². The van der Waals surface area contributed by atoms with Gasteiger partial charge in [-0.2, -0.15) is 0 Å². The minimum atomic E-state index is 0.233. The highest BCUT2D eigenvalue weighted by Gasteiger charge is 2.44. The number of nitrogens with zero attached hydrogens (tertiary/aromatic N) is 2. The lowest BCUT2D eigenvalue weighted by atomic mass is 9.89. The largest absolute Gasteiger partial charge is 0.333 e. The molecule has 2 aliphatic carbocycles. The average Bonchev–Trinajstić information content (AvgIpc) is 2.91. The first-order chi connectivity index (χ1) is 11.8. The van der Waals surface area contributed by atoms with Gasteiger partial charge in [-0.15, -0.1) is 0 Å². The van der Waals surface area contributed by atoms with Gasteiger partial charge in [-0.05, 0) is 38.5 Å². The van der Waals surface area contributed by atoms with E-state index >= 15 is 0 Å². The minimum Gasteiger partial charge on any atom is -0.333 e. The third-order valence-electron chi connectivity index (χ3n) is 7.11. The number of rotatable bonds is 2. The maximum absolute atomic E-state index is 12.5. The molecule has 2 saturated carbocycles. The van der Waals surface area contributed by atoms with Gasteiger partial charge in [0.15, 0.2) is 0 Å². The van der Waals surface area contributed by atoms with Crippen molar-refractivity contribution in [1.29, 1.82) is 0 Å². The molecule has 0 aromatic rings. The van der Waals surface area contributed by atoms with Gasteiger partial charge < -0.3 is 15.1 Å². The van der Waals surface area contributed by atoms with Gasteiger partial charge in [0.1, 0.15) is 0 Å². The molecule has 0 spiro atoms. The summed E-state index contributed by atoms with van der Waals surface area (Å²) in [6.45, 7) is 2.41. The SMILES string of the molecule is O=C1N[C@H]2CCCC[C@H]2N1C1CCN(C2CCCCCCC2)CC1. The highest BCUT2D eigenvalue weighted by molar-refractivity contribution is 5.78. The zero-order valence-electron chi connectivity index (χ0n) is 15.2. The van der Waals surface area contributed by atoms with E-state index in [1.165, 1.54) is 96.6 Å². The Morgan fingerprint density at radius 1 is 0.708 bits per heavy atom. The smallest absolute Gasteiger partial charge is 0.318 e. The van der Waals surface area contributed by atoms with E-state index in [-0.39, 0.29) is 6.03 Å². The molecule has 4 fully saturated rings. The summed E-state index contributed by atoms with van der Waals surface area (Å²) in [7, 11) is 0. The normalized spacial score (nSPS) is 34.5. The molecule has 4 rings (SSSR count). The van der Waals surface area contributed by atoms with Crippen molar-refractivity contribution in [2.75, 3.05) is 13.1 Å². The molecule has 2 heterocycles. The van der Waals surface area contributed by atoms with E-state index in [0.29, 0.717) is 18.1 Å². The highest BCUT2D eigenvalue weighted by Crippen LogP contribution is 2.33. The van der Waals surface area contributed by atoms with Crippen LogP contribution in [-0.2, 0) is 0 Å². The van der Waals surface area contributed by atoms with E-state index < -0.39 is 0 Å². The van der Waals surface area contributed by atoms with E-state index in [2.05, 4.69) is 15.1 Å². The number of nitrogens with one attached hydrogen (secondary N) is 1. The van der Waals surface area contributed by atoms with Crippen molar-refractivity contribution in [1.82, 2.24) is 15.1 Å². The zero-order valence-corrected chi connectivity index (χ0v) is 15.2. The summed E-state index contributed by atoms with van der Waals surface area (Å²) in [6.07, 6.45) is 17.3. The number of carbonyl (C=O) groups excluding carboxylic acids is 1. The van der Waals surface area contributed by atoms with Gasteiger partial charge in [0.05, 0.1) is 12.1 Å². The van der Waals surface area contributed by atoms with Crippen molar-refractivity contribution in [3.63, 3.8) is 0 Å². The molecule has 2 saturated heterocycles. The van der Waals surface area contributed by atoms with Crippen molar-refractivity contribution in [3.05, 3.63) is 0 Å². The molecule has 136 valence electrons. The molecular weight excluding hydrogens is 298 g/mol. The number of urea groups is 1. The van der Waals surface area contributed by atoms with Crippen LogP contribution in [0.2, 0.25) is 0 Å². The van der Waals surface area contributed by atoms with Crippen LogP contribution in [0.15, 0.2) is 0 Å². The van der Waals surface area contributed by atoms with Crippen LogP contribution in [0.5, 0.6) is 0 Å². The van der Waals surface area contributed by atoms with Gasteiger partial charge >= 0.3 is 6.03 Å². The number of hydrogen-bond donors (Lipinski definition) is 1. The fourth-order valence-corrected chi connectivity index (χ4v) is 5.76. The van der Waals surface area contributed by atoms with Gasteiger partial charge in [-0.25, -0.2) is 4.79 Å². The maximum Gasteiger partial charge on any atom is 0.318 e. The Labute approximate surface area is 147 Å². The average molecular weight is 334 g/mol. The predicted molar refractivity (Wildman–Crippen MR) is 97.1 cm³/mol. The van der Waals surface area contributed by atoms with Crippen LogP contribution in [0.1, 0.15) is 83.5 Å². The Morgan fingerprint density at radius 2 is 1.33 bits per heavy atom. The molecule has 0 aromatic heterocycles. The number of carbonyl (C=O) groups is 1. The fraction of sp³-hybridized carbons (Fsp3) is 0.950. The summed E-state index contributed by atoms with van der Waals surface area (Å²) in [5.74, 6) is 0. The van der Waals surface area contributed by atoms with E-state index in [0.717, 1.165) is 6.04 Å². The Bertz CT molecular complexity index is 425. The number of fused-ring (bicyclic) bond motifs is 1. The van der Waals surface area contributed by atoms with Gasteiger partial charge in [0.25, 0.3) is 0 Å². The van der Waals surface area contributed by atoms with Crippen LogP contribution < -0.4 is 5.32 Å². The summed E-state index contributed by atoms with van der Waals surface area (Å²) in [4.78, 5) is 17.5. The van der Waals surface area contributed by atoms with Crippen LogP contribution in [0.3, 0.4) is 0 Å². The lowest BCUT2D eigenvalue weighted by Gasteiger charge is -2.43. The predicted octanol–water partition coefficient (Wildman–Crippen LogP) is 3.90. The first kappa shape index (κ1) is 16.7. The number of hydrogen-bond acceptors (Lipinski definition) is 2. The van der Waals surface area contributed by atoms with Gasteiger partial charge in [0, 0.05) is 25.2 Å². The quantitative estimate of drug-likeness (QED) is 0.832. The maximum atomic E-state index is 12.5. The molecular formula is C20H35N3O. The van der Waals surface area contributed by atoms with Crippen LogP contribution in [0.25, 0.3) is 0 Å². The topological polar surface area (TPSA) is 35.6 Å². The molecule has 24 heavy (non-hydrogen) atoms. The van der Waals surface area contributed by atoms with Crippen molar-refractivity contribution in [3.8, 4) is 0 Å². The summed E-state index contributed by atoms with van der Waals surface area (Å²) in [5, 5.41) is 3.27. The Balaban J connectivity index is 1.33. The standard InChI is InChI=1S/C20H35N3O/c24-20-21-18-10-6-7-11-19(18)23(20)17-12-14-22(15-13-17)16-8-4-2-1-3-5-9-16/h16-19H,1-15H2,(H,21,24)/t18-,19+/m0/s1. The molecule has 1 N–H and O–H groups in total. The third kappa shape index (κ3) is 3.44. The molecule has 0 unspecified atom stereocenters. The molecule has 0 bridgehead atoms. The molecule has 4 aliphatic rings. The number of amides is 2. The van der Waals surface area contributed by atoms with Crippen molar-refractivity contribution >= 4 is 6.03 Å². The molecule has 4 heteroatoms. The van der Waals surface area contributed by atoms with Crippen molar-refractivity contribution in [2.45, 2.75) is 108 Å². The summed E-state index contributed by atoms with van der Waals surface area (Å²) < 4.78 is 0. The first-order valence-corrected chi connectivity index (χ1v) is 10.7. The third-order valence-corrected chi connectivity index (χ3v) is 7.11. The minimum absolute atomic E-state index is 0.233. The second-order valence-electron chi connectivity index (χ2n) is 8.58. The fourth-order valence-electron chi connectivity index (χ4n) is 5.76.